The van der Waals surface area contributed by atoms with Gasteiger partial charge in [0.25, 0.3) is 5.91 Å². The van der Waals surface area contributed by atoms with Crippen LogP contribution in [0.15, 0.2) is 76.0 Å². The van der Waals surface area contributed by atoms with Gasteiger partial charge in [-0.2, -0.15) is 20.3 Å². The summed E-state index contributed by atoms with van der Waals surface area (Å²) in [6, 6.07) is 19.1. The molecule has 120 valence electrons. The fraction of sp³-hybridized carbons (Fsp3) is 0.158. The Balaban J connectivity index is 1.77. The normalized spacial score (nSPS) is 18.3. The average Bonchev–Trinajstić information content (AvgIpc) is 2.91. The van der Waals surface area contributed by atoms with Crippen LogP contribution in [0, 0.1) is 5.92 Å². The maximum absolute atomic E-state index is 12.7. The van der Waals surface area contributed by atoms with Crippen LogP contribution < -0.4 is 5.01 Å². The molecule has 1 aliphatic heterocycles. The number of anilines is 1. The fourth-order valence-electron chi connectivity index (χ4n) is 2.58. The van der Waals surface area contributed by atoms with Gasteiger partial charge in [0.1, 0.15) is 5.92 Å². The van der Waals surface area contributed by atoms with E-state index in [-0.39, 0.29) is 5.91 Å². The standard InChI is InChI=1S/C19H18N4O/c1-14(21-20-13-16-9-5-3-6-10-16)18-15(2)22-23(19(18)24)17-11-7-4-8-12-17/h3-13,18H,1-2H3/b20-13+,21-14-. The van der Waals surface area contributed by atoms with E-state index < -0.39 is 5.92 Å². The van der Waals surface area contributed by atoms with Crippen molar-refractivity contribution in [2.24, 2.45) is 21.2 Å². The molecule has 0 bridgehead atoms. The van der Waals surface area contributed by atoms with Gasteiger partial charge in [0.05, 0.1) is 23.3 Å². The van der Waals surface area contributed by atoms with E-state index in [1.165, 1.54) is 5.01 Å². The maximum Gasteiger partial charge on any atom is 0.262 e. The van der Waals surface area contributed by atoms with Crippen LogP contribution in [-0.4, -0.2) is 23.5 Å². The summed E-state index contributed by atoms with van der Waals surface area (Å²) in [5.41, 5.74) is 3.07. The highest BCUT2D eigenvalue weighted by molar-refractivity contribution is 6.27. The number of carbonyl (C=O) groups excluding carboxylic acids is 1. The molecule has 0 N–H and O–H groups in total. The quantitative estimate of drug-likeness (QED) is 0.628. The lowest BCUT2D eigenvalue weighted by atomic mass is 9.99. The molecule has 1 amide bonds. The largest absolute Gasteiger partial charge is 0.271 e. The summed E-state index contributed by atoms with van der Waals surface area (Å²) in [5.74, 6) is -0.562. The Labute approximate surface area is 141 Å². The summed E-state index contributed by atoms with van der Waals surface area (Å²) in [7, 11) is 0. The van der Waals surface area contributed by atoms with E-state index in [1.54, 1.807) is 13.1 Å². The third-order valence-electron chi connectivity index (χ3n) is 3.77. The van der Waals surface area contributed by atoms with E-state index in [2.05, 4.69) is 15.3 Å². The summed E-state index contributed by atoms with van der Waals surface area (Å²) in [6.07, 6.45) is 1.67. The molecular weight excluding hydrogens is 300 g/mol. The van der Waals surface area contributed by atoms with E-state index in [0.717, 1.165) is 17.0 Å². The zero-order valence-corrected chi connectivity index (χ0v) is 13.6. The van der Waals surface area contributed by atoms with E-state index in [0.29, 0.717) is 5.71 Å². The second-order valence-electron chi connectivity index (χ2n) is 5.56. The predicted octanol–water partition coefficient (Wildman–Crippen LogP) is 3.52. The monoisotopic (exact) mass is 318 g/mol. The van der Waals surface area contributed by atoms with Crippen molar-refractivity contribution in [3.05, 3.63) is 66.2 Å². The number of nitrogens with zero attached hydrogens (tertiary/aromatic N) is 4. The number of rotatable bonds is 4. The van der Waals surface area contributed by atoms with Crippen LogP contribution in [0.25, 0.3) is 0 Å². The van der Waals surface area contributed by atoms with Gasteiger partial charge in [0.2, 0.25) is 0 Å². The molecule has 0 spiro atoms. The minimum atomic E-state index is -0.460. The molecule has 1 unspecified atom stereocenters. The number of amides is 1. The van der Waals surface area contributed by atoms with Crippen molar-refractivity contribution in [1.82, 2.24) is 0 Å². The Morgan fingerprint density at radius 1 is 1.08 bits per heavy atom. The molecule has 5 nitrogen and oxygen atoms in total. The maximum atomic E-state index is 12.7. The first kappa shape index (κ1) is 15.8. The molecule has 1 heterocycles. The van der Waals surface area contributed by atoms with Crippen LogP contribution in [0.2, 0.25) is 0 Å². The number of hydrazone groups is 1. The highest BCUT2D eigenvalue weighted by Gasteiger charge is 2.36. The van der Waals surface area contributed by atoms with Crippen LogP contribution >= 0.6 is 0 Å². The van der Waals surface area contributed by atoms with Crippen molar-refractivity contribution in [3.63, 3.8) is 0 Å². The molecule has 0 fully saturated rings. The molecule has 5 heteroatoms. The number of carbonyl (C=O) groups is 1. The summed E-state index contributed by atoms with van der Waals surface area (Å²) in [6.45, 7) is 3.64. The Morgan fingerprint density at radius 3 is 2.38 bits per heavy atom. The van der Waals surface area contributed by atoms with E-state index in [1.807, 2.05) is 67.6 Å². The smallest absolute Gasteiger partial charge is 0.262 e. The highest BCUT2D eigenvalue weighted by atomic mass is 16.2. The molecule has 1 atom stereocenters. The van der Waals surface area contributed by atoms with Gasteiger partial charge in [-0.1, -0.05) is 48.5 Å². The van der Waals surface area contributed by atoms with Crippen molar-refractivity contribution in [3.8, 4) is 0 Å². The fourth-order valence-corrected chi connectivity index (χ4v) is 2.58. The average molecular weight is 318 g/mol. The molecule has 0 saturated heterocycles. The van der Waals surface area contributed by atoms with Crippen molar-refractivity contribution in [2.75, 3.05) is 5.01 Å². The molecule has 24 heavy (non-hydrogen) atoms. The summed E-state index contributed by atoms with van der Waals surface area (Å²) in [5, 5.41) is 14.1. The number of para-hydroxylation sites is 1. The van der Waals surface area contributed by atoms with Crippen LogP contribution in [0.4, 0.5) is 5.69 Å². The van der Waals surface area contributed by atoms with E-state index in [9.17, 15) is 4.79 Å². The second-order valence-corrected chi connectivity index (χ2v) is 5.56. The number of hydrogen-bond donors (Lipinski definition) is 0. The minimum Gasteiger partial charge on any atom is -0.271 e. The summed E-state index contributed by atoms with van der Waals surface area (Å²) < 4.78 is 0. The molecule has 0 radical (unpaired) electrons. The van der Waals surface area contributed by atoms with Gasteiger partial charge in [-0.15, -0.1) is 0 Å². The Morgan fingerprint density at radius 2 is 1.71 bits per heavy atom. The van der Waals surface area contributed by atoms with Gasteiger partial charge in [0, 0.05) is 0 Å². The first-order chi connectivity index (χ1) is 11.7. The molecule has 2 aromatic carbocycles. The minimum absolute atomic E-state index is 0.102. The first-order valence-corrected chi connectivity index (χ1v) is 7.73. The molecule has 3 rings (SSSR count). The van der Waals surface area contributed by atoms with Gasteiger partial charge in [-0.25, -0.2) is 0 Å². The molecule has 1 aliphatic rings. The van der Waals surface area contributed by atoms with Crippen molar-refractivity contribution >= 4 is 29.2 Å². The lowest BCUT2D eigenvalue weighted by molar-refractivity contribution is -0.118. The zero-order chi connectivity index (χ0) is 16.9. The lowest BCUT2D eigenvalue weighted by Crippen LogP contribution is -2.31. The van der Waals surface area contributed by atoms with Gasteiger partial charge < -0.3 is 0 Å². The van der Waals surface area contributed by atoms with Crippen molar-refractivity contribution in [1.29, 1.82) is 0 Å². The molecular formula is C19H18N4O. The van der Waals surface area contributed by atoms with Gasteiger partial charge >= 0.3 is 0 Å². The van der Waals surface area contributed by atoms with E-state index in [4.69, 9.17) is 0 Å². The molecule has 2 aromatic rings. The van der Waals surface area contributed by atoms with Crippen LogP contribution in [0.3, 0.4) is 0 Å². The molecule has 0 aromatic heterocycles. The molecule has 0 aliphatic carbocycles. The number of benzene rings is 2. The Hall–Kier alpha value is -3.08. The van der Waals surface area contributed by atoms with E-state index >= 15 is 0 Å². The van der Waals surface area contributed by atoms with Crippen LogP contribution in [0.5, 0.6) is 0 Å². The highest BCUT2D eigenvalue weighted by Crippen LogP contribution is 2.24. The summed E-state index contributed by atoms with van der Waals surface area (Å²) in [4.78, 5) is 12.7. The van der Waals surface area contributed by atoms with Gasteiger partial charge in [-0.05, 0) is 31.5 Å². The number of hydrogen-bond acceptors (Lipinski definition) is 4. The third kappa shape index (κ3) is 3.30. The van der Waals surface area contributed by atoms with Gasteiger partial charge in [-0.3, -0.25) is 4.79 Å². The van der Waals surface area contributed by atoms with Crippen molar-refractivity contribution < 1.29 is 4.79 Å². The first-order valence-electron chi connectivity index (χ1n) is 7.73. The van der Waals surface area contributed by atoms with Gasteiger partial charge in [0.15, 0.2) is 0 Å². The topological polar surface area (TPSA) is 57.4 Å². The lowest BCUT2D eigenvalue weighted by Gasteiger charge is -2.13. The predicted molar refractivity (Wildman–Crippen MR) is 97.7 cm³/mol. The van der Waals surface area contributed by atoms with Crippen molar-refractivity contribution in [2.45, 2.75) is 13.8 Å². The second kappa shape index (κ2) is 7.00. The van der Waals surface area contributed by atoms with Crippen LogP contribution in [-0.2, 0) is 4.79 Å². The third-order valence-corrected chi connectivity index (χ3v) is 3.77. The zero-order valence-electron chi connectivity index (χ0n) is 13.6. The SMILES string of the molecule is CC1=NN(c2ccccc2)C(=O)C1/C(C)=N\N=C\c1ccccc1. The molecule has 0 saturated carbocycles. The van der Waals surface area contributed by atoms with Crippen LogP contribution in [0.1, 0.15) is 19.4 Å². The Kier molecular flexibility index (Phi) is 4.61. The Bertz CT molecular complexity index is 810. The summed E-state index contributed by atoms with van der Waals surface area (Å²) >= 11 is 0.